The Morgan fingerprint density at radius 3 is 2.82 bits per heavy atom. The molecule has 2 heterocycles. The highest BCUT2D eigenvalue weighted by atomic mass is 35.5. The van der Waals surface area contributed by atoms with Crippen molar-refractivity contribution in [1.82, 2.24) is 14.6 Å². The molecule has 0 saturated heterocycles. The van der Waals surface area contributed by atoms with Gasteiger partial charge in [0.25, 0.3) is 0 Å². The molecule has 0 aromatic carbocycles. The first-order valence-corrected chi connectivity index (χ1v) is 6.07. The Kier molecular flexibility index (Phi) is 3.00. The van der Waals surface area contributed by atoms with Crippen LogP contribution in [0.25, 0.3) is 5.52 Å². The van der Waals surface area contributed by atoms with Crippen LogP contribution in [0.3, 0.4) is 0 Å². The molecule has 17 heavy (non-hydrogen) atoms. The van der Waals surface area contributed by atoms with Gasteiger partial charge in [-0.05, 0) is 33.8 Å². The van der Waals surface area contributed by atoms with Gasteiger partial charge in [-0.1, -0.05) is 0 Å². The minimum atomic E-state index is -0.228. The lowest BCUT2D eigenvalue weighted by atomic mass is 10.0. The Labute approximate surface area is 106 Å². The molecule has 0 saturated carbocycles. The summed E-state index contributed by atoms with van der Waals surface area (Å²) in [5.41, 5.74) is 1.71. The van der Waals surface area contributed by atoms with Gasteiger partial charge in [0.15, 0.2) is 5.82 Å². The first-order valence-electron chi connectivity index (χ1n) is 5.63. The number of alkyl halides is 1. The summed E-state index contributed by atoms with van der Waals surface area (Å²) in [6.45, 7) is 8.04. The van der Waals surface area contributed by atoms with Crippen LogP contribution < -0.4 is 5.32 Å². The number of rotatable bonds is 3. The molecular formula is C12H17ClN4. The molecule has 0 aliphatic heterocycles. The zero-order valence-corrected chi connectivity index (χ0v) is 11.3. The maximum absolute atomic E-state index is 6.16. The number of aryl methyl sites for hydroxylation is 1. The van der Waals surface area contributed by atoms with Gasteiger partial charge in [0.2, 0.25) is 0 Å². The summed E-state index contributed by atoms with van der Waals surface area (Å²) in [6.07, 6.45) is 3.57. The Hall–Kier alpha value is -1.29. The van der Waals surface area contributed by atoms with Crippen molar-refractivity contribution in [2.75, 3.05) is 5.32 Å². The minimum absolute atomic E-state index is 0.00595. The van der Waals surface area contributed by atoms with Crippen molar-refractivity contribution in [3.63, 3.8) is 0 Å². The van der Waals surface area contributed by atoms with E-state index >= 15 is 0 Å². The maximum Gasteiger partial charge on any atom is 0.152 e. The molecule has 1 atom stereocenters. The summed E-state index contributed by atoms with van der Waals surface area (Å²) in [5.74, 6) is 0.811. The second-order valence-corrected chi connectivity index (χ2v) is 5.51. The van der Waals surface area contributed by atoms with Crippen LogP contribution >= 0.6 is 11.6 Å². The lowest BCUT2D eigenvalue weighted by molar-refractivity contribution is 0.553. The fraction of sp³-hybridized carbons (Fsp3) is 0.500. The average Bonchev–Trinajstić information content (AvgIpc) is 2.59. The number of hydrogen-bond acceptors (Lipinski definition) is 3. The van der Waals surface area contributed by atoms with Gasteiger partial charge >= 0.3 is 0 Å². The van der Waals surface area contributed by atoms with Crippen molar-refractivity contribution < 1.29 is 0 Å². The lowest BCUT2D eigenvalue weighted by Crippen LogP contribution is -2.39. The highest BCUT2D eigenvalue weighted by Gasteiger charge is 2.25. The van der Waals surface area contributed by atoms with Crippen molar-refractivity contribution in [3.8, 4) is 0 Å². The van der Waals surface area contributed by atoms with Gasteiger partial charge < -0.3 is 5.32 Å². The summed E-state index contributed by atoms with van der Waals surface area (Å²) in [5, 5.41) is 7.72. The number of nitrogens with one attached hydrogen (secondary N) is 1. The molecule has 1 N–H and O–H groups in total. The summed E-state index contributed by atoms with van der Waals surface area (Å²) in [7, 11) is 0. The van der Waals surface area contributed by atoms with E-state index in [4.69, 9.17) is 11.6 Å². The molecule has 0 spiro atoms. The fourth-order valence-corrected chi connectivity index (χ4v) is 1.60. The van der Waals surface area contributed by atoms with Crippen LogP contribution in [0.1, 0.15) is 26.5 Å². The van der Waals surface area contributed by atoms with Crippen LogP contribution in [-0.2, 0) is 0 Å². The molecule has 0 amide bonds. The summed E-state index contributed by atoms with van der Waals surface area (Å²) < 4.78 is 1.82. The molecule has 0 radical (unpaired) electrons. The molecule has 2 aromatic rings. The Morgan fingerprint density at radius 2 is 2.18 bits per heavy atom. The Morgan fingerprint density at radius 1 is 1.47 bits per heavy atom. The molecule has 0 bridgehead atoms. The van der Waals surface area contributed by atoms with Crippen molar-refractivity contribution in [1.29, 1.82) is 0 Å². The zero-order chi connectivity index (χ0) is 12.6. The highest BCUT2D eigenvalue weighted by Crippen LogP contribution is 2.23. The van der Waals surface area contributed by atoms with E-state index in [1.54, 1.807) is 6.20 Å². The van der Waals surface area contributed by atoms with Crippen LogP contribution in [0.4, 0.5) is 5.82 Å². The minimum Gasteiger partial charge on any atom is -0.362 e. The second kappa shape index (κ2) is 4.18. The van der Waals surface area contributed by atoms with Crippen molar-refractivity contribution in [2.24, 2.45) is 0 Å². The quantitative estimate of drug-likeness (QED) is 0.855. The molecule has 0 fully saturated rings. The molecule has 2 aromatic heterocycles. The third kappa shape index (κ3) is 2.36. The van der Waals surface area contributed by atoms with Gasteiger partial charge in [0.1, 0.15) is 5.52 Å². The standard InChI is InChI=1S/C12H17ClN4/c1-8-7-10-11(14-5-6-17(10)16-8)15-12(3,4)9(2)13/h5-7,9H,1-4H3,(H,14,15). The number of anilines is 1. The van der Waals surface area contributed by atoms with E-state index in [0.717, 1.165) is 17.0 Å². The van der Waals surface area contributed by atoms with Gasteiger partial charge in [0, 0.05) is 17.9 Å². The predicted molar refractivity (Wildman–Crippen MR) is 70.7 cm³/mol. The molecular weight excluding hydrogens is 236 g/mol. The Bertz CT molecular complexity index is 530. The maximum atomic E-state index is 6.16. The summed E-state index contributed by atoms with van der Waals surface area (Å²) >= 11 is 6.16. The van der Waals surface area contributed by atoms with Crippen LogP contribution in [0.2, 0.25) is 0 Å². The first-order chi connectivity index (χ1) is 7.90. The topological polar surface area (TPSA) is 42.2 Å². The second-order valence-electron chi connectivity index (χ2n) is 4.85. The Balaban J connectivity index is 2.42. The van der Waals surface area contributed by atoms with E-state index in [0.29, 0.717) is 0 Å². The summed E-state index contributed by atoms with van der Waals surface area (Å²) in [6, 6.07) is 2.00. The van der Waals surface area contributed by atoms with E-state index in [9.17, 15) is 0 Å². The van der Waals surface area contributed by atoms with Crippen molar-refractivity contribution in [2.45, 2.75) is 38.6 Å². The predicted octanol–water partition coefficient (Wildman–Crippen LogP) is 2.86. The molecule has 0 aliphatic rings. The molecule has 2 rings (SSSR count). The third-order valence-corrected chi connectivity index (χ3v) is 3.49. The number of halogens is 1. The molecule has 5 heteroatoms. The number of aromatic nitrogens is 3. The molecule has 92 valence electrons. The normalized spacial score (nSPS) is 13.9. The van der Waals surface area contributed by atoms with Gasteiger partial charge in [-0.15, -0.1) is 11.6 Å². The number of fused-ring (bicyclic) bond motifs is 1. The third-order valence-electron chi connectivity index (χ3n) is 2.95. The van der Waals surface area contributed by atoms with Crippen LogP contribution in [-0.4, -0.2) is 25.5 Å². The molecule has 0 aliphatic carbocycles. The number of nitrogens with zero attached hydrogens (tertiary/aromatic N) is 3. The first kappa shape index (κ1) is 12.2. The largest absolute Gasteiger partial charge is 0.362 e. The van der Waals surface area contributed by atoms with E-state index in [1.165, 1.54) is 0 Å². The van der Waals surface area contributed by atoms with E-state index in [2.05, 4.69) is 29.2 Å². The lowest BCUT2D eigenvalue weighted by Gasteiger charge is -2.29. The van der Waals surface area contributed by atoms with E-state index in [1.807, 2.05) is 30.6 Å². The van der Waals surface area contributed by atoms with Gasteiger partial charge in [0.05, 0.1) is 11.1 Å². The highest BCUT2D eigenvalue weighted by molar-refractivity contribution is 6.21. The van der Waals surface area contributed by atoms with Crippen molar-refractivity contribution in [3.05, 3.63) is 24.2 Å². The number of hydrogen-bond donors (Lipinski definition) is 1. The SMILES string of the molecule is Cc1cc2c(NC(C)(C)C(C)Cl)nccn2n1. The van der Waals surface area contributed by atoms with E-state index < -0.39 is 0 Å². The summed E-state index contributed by atoms with van der Waals surface area (Å²) in [4.78, 5) is 4.36. The van der Waals surface area contributed by atoms with Gasteiger partial charge in [-0.25, -0.2) is 9.50 Å². The average molecular weight is 253 g/mol. The van der Waals surface area contributed by atoms with Crippen molar-refractivity contribution >= 4 is 22.9 Å². The van der Waals surface area contributed by atoms with E-state index in [-0.39, 0.29) is 10.9 Å². The smallest absolute Gasteiger partial charge is 0.152 e. The van der Waals surface area contributed by atoms with Crippen LogP contribution in [0, 0.1) is 6.92 Å². The molecule has 4 nitrogen and oxygen atoms in total. The van der Waals surface area contributed by atoms with Crippen LogP contribution in [0.15, 0.2) is 18.5 Å². The zero-order valence-electron chi connectivity index (χ0n) is 10.5. The van der Waals surface area contributed by atoms with Crippen LogP contribution in [0.5, 0.6) is 0 Å². The molecule has 1 unspecified atom stereocenters. The van der Waals surface area contributed by atoms with Gasteiger partial charge in [-0.3, -0.25) is 0 Å². The van der Waals surface area contributed by atoms with Gasteiger partial charge in [-0.2, -0.15) is 5.10 Å². The fourth-order valence-electron chi connectivity index (χ4n) is 1.55. The monoisotopic (exact) mass is 252 g/mol.